The molecule has 4 rings (SSSR count). The summed E-state index contributed by atoms with van der Waals surface area (Å²) in [7, 11) is 3.06. The first-order chi connectivity index (χ1) is 15.2. The van der Waals surface area contributed by atoms with Gasteiger partial charge >= 0.3 is 0 Å². The van der Waals surface area contributed by atoms with E-state index >= 15 is 0 Å². The molecule has 0 spiro atoms. The fourth-order valence-corrected chi connectivity index (χ4v) is 2.82. The van der Waals surface area contributed by atoms with Gasteiger partial charge in [0.05, 0.1) is 14.2 Å². The number of ether oxygens (including phenoxy) is 3. The first-order valence-corrected chi connectivity index (χ1v) is 9.29. The van der Waals surface area contributed by atoms with E-state index in [1.807, 2.05) is 0 Å². The molecule has 2 heterocycles. The molecule has 9 nitrogen and oxygen atoms in total. The summed E-state index contributed by atoms with van der Waals surface area (Å²) in [6.45, 7) is 0. The van der Waals surface area contributed by atoms with Crippen molar-refractivity contribution < 1.29 is 19.0 Å². The van der Waals surface area contributed by atoms with E-state index in [9.17, 15) is 4.79 Å². The van der Waals surface area contributed by atoms with Crippen LogP contribution in [0, 0.1) is 0 Å². The summed E-state index contributed by atoms with van der Waals surface area (Å²) in [5, 5.41) is 6.97. The predicted molar refractivity (Wildman–Crippen MR) is 113 cm³/mol. The molecule has 0 aliphatic carbocycles. The lowest BCUT2D eigenvalue weighted by atomic mass is 10.2. The lowest BCUT2D eigenvalue weighted by molar-refractivity contribution is 0.102. The lowest BCUT2D eigenvalue weighted by Gasteiger charge is -2.10. The smallest absolute Gasteiger partial charge is 0.255 e. The highest BCUT2D eigenvalue weighted by Gasteiger charge is 2.11. The molecular formula is C22H19N5O4. The fraction of sp³-hybridized carbons (Fsp3) is 0.0909. The number of amides is 1. The number of carbonyl (C=O) groups excluding carboxylic acids is 1. The molecule has 0 saturated heterocycles. The highest BCUT2D eigenvalue weighted by atomic mass is 16.5. The minimum absolute atomic E-state index is 0.269. The van der Waals surface area contributed by atoms with Crippen molar-refractivity contribution in [2.24, 2.45) is 0 Å². The zero-order valence-electron chi connectivity index (χ0n) is 16.9. The largest absolute Gasteiger partial charge is 0.493 e. The van der Waals surface area contributed by atoms with Crippen molar-refractivity contribution in [3.05, 3.63) is 78.9 Å². The molecule has 9 heteroatoms. The Morgan fingerprint density at radius 3 is 2.48 bits per heavy atom. The Labute approximate surface area is 178 Å². The van der Waals surface area contributed by atoms with Gasteiger partial charge in [-0.15, -0.1) is 0 Å². The van der Waals surface area contributed by atoms with Gasteiger partial charge in [0.1, 0.15) is 12.1 Å². The molecule has 0 saturated carbocycles. The summed E-state index contributed by atoms with van der Waals surface area (Å²) in [4.78, 5) is 20.8. The van der Waals surface area contributed by atoms with Crippen molar-refractivity contribution in [3.8, 4) is 28.9 Å². The van der Waals surface area contributed by atoms with Crippen LogP contribution in [0.3, 0.4) is 0 Å². The van der Waals surface area contributed by atoms with Crippen LogP contribution in [0.1, 0.15) is 10.4 Å². The minimum atomic E-state index is -0.269. The molecule has 0 unspecified atom stereocenters. The molecule has 31 heavy (non-hydrogen) atoms. The number of rotatable bonds is 7. The monoisotopic (exact) mass is 417 g/mol. The molecule has 1 N–H and O–H groups in total. The van der Waals surface area contributed by atoms with E-state index in [1.54, 1.807) is 78.8 Å². The molecule has 0 fully saturated rings. The van der Waals surface area contributed by atoms with Crippen molar-refractivity contribution >= 4 is 11.6 Å². The van der Waals surface area contributed by atoms with Crippen molar-refractivity contribution in [1.29, 1.82) is 0 Å². The maximum absolute atomic E-state index is 12.5. The molecule has 0 atom stereocenters. The summed E-state index contributed by atoms with van der Waals surface area (Å²) in [5.41, 5.74) is 1.07. The van der Waals surface area contributed by atoms with Crippen LogP contribution < -0.4 is 19.5 Å². The number of benzene rings is 2. The van der Waals surface area contributed by atoms with Gasteiger partial charge in [0.25, 0.3) is 5.91 Å². The van der Waals surface area contributed by atoms with Crippen LogP contribution in [-0.4, -0.2) is 39.9 Å². The van der Waals surface area contributed by atoms with Crippen LogP contribution >= 0.6 is 0 Å². The van der Waals surface area contributed by atoms with Gasteiger partial charge in [0.2, 0.25) is 5.88 Å². The van der Waals surface area contributed by atoms with Gasteiger partial charge in [-0.3, -0.25) is 4.79 Å². The Kier molecular flexibility index (Phi) is 5.75. The van der Waals surface area contributed by atoms with E-state index < -0.39 is 0 Å². The first kappa shape index (κ1) is 19.9. The summed E-state index contributed by atoms with van der Waals surface area (Å²) in [6.07, 6.45) is 4.85. The molecule has 0 radical (unpaired) electrons. The average molecular weight is 417 g/mol. The molecule has 2 aromatic heterocycles. The number of methoxy groups -OCH3 is 2. The van der Waals surface area contributed by atoms with Crippen LogP contribution in [0.15, 0.2) is 73.3 Å². The summed E-state index contributed by atoms with van der Waals surface area (Å²) in [6, 6.07) is 15.4. The number of nitrogens with one attached hydrogen (secondary N) is 1. The van der Waals surface area contributed by atoms with E-state index in [1.165, 1.54) is 13.4 Å². The Morgan fingerprint density at radius 2 is 1.77 bits per heavy atom. The van der Waals surface area contributed by atoms with Gasteiger partial charge in [-0.25, -0.2) is 14.6 Å². The normalized spacial score (nSPS) is 10.4. The van der Waals surface area contributed by atoms with E-state index in [4.69, 9.17) is 14.2 Å². The van der Waals surface area contributed by atoms with Gasteiger partial charge in [0, 0.05) is 29.7 Å². The third kappa shape index (κ3) is 4.61. The van der Waals surface area contributed by atoms with Gasteiger partial charge in [-0.05, 0) is 48.5 Å². The first-order valence-electron chi connectivity index (χ1n) is 9.29. The summed E-state index contributed by atoms with van der Waals surface area (Å²) >= 11 is 0. The van der Waals surface area contributed by atoms with Gasteiger partial charge in [-0.2, -0.15) is 5.10 Å². The fourth-order valence-electron chi connectivity index (χ4n) is 2.82. The van der Waals surface area contributed by atoms with Crippen LogP contribution in [0.5, 0.6) is 23.1 Å². The number of hydrogen-bond acceptors (Lipinski definition) is 7. The standard InChI is InChI=1S/C22H19N5O4/c1-29-18-9-4-15(12-19(18)30-2)22(28)26-16-5-7-17(8-6-16)31-21-13-20(23-14-24-21)27-11-3-10-25-27/h3-14H,1-2H3,(H,26,28). The maximum Gasteiger partial charge on any atom is 0.255 e. The number of hydrogen-bond donors (Lipinski definition) is 1. The molecular weight excluding hydrogens is 398 g/mol. The second-order valence-corrected chi connectivity index (χ2v) is 6.32. The molecule has 4 aromatic rings. The van der Waals surface area contributed by atoms with Gasteiger partial charge in [-0.1, -0.05) is 0 Å². The number of anilines is 1. The molecule has 0 aliphatic rings. The van der Waals surface area contributed by atoms with Crippen molar-refractivity contribution in [1.82, 2.24) is 19.7 Å². The van der Waals surface area contributed by atoms with Crippen LogP contribution in [0.4, 0.5) is 5.69 Å². The SMILES string of the molecule is COc1ccc(C(=O)Nc2ccc(Oc3cc(-n4cccn4)ncn3)cc2)cc1OC. The minimum Gasteiger partial charge on any atom is -0.493 e. The zero-order valence-corrected chi connectivity index (χ0v) is 16.9. The zero-order chi connectivity index (χ0) is 21.6. The van der Waals surface area contributed by atoms with Gasteiger partial charge in [0.15, 0.2) is 17.3 Å². The molecule has 1 amide bonds. The van der Waals surface area contributed by atoms with Crippen molar-refractivity contribution in [2.75, 3.05) is 19.5 Å². The van der Waals surface area contributed by atoms with Crippen molar-refractivity contribution in [3.63, 3.8) is 0 Å². The molecule has 156 valence electrons. The lowest BCUT2D eigenvalue weighted by Crippen LogP contribution is -2.12. The number of carbonyl (C=O) groups is 1. The summed E-state index contributed by atoms with van der Waals surface area (Å²) in [5.74, 6) is 2.30. The topological polar surface area (TPSA) is 100 Å². The van der Waals surface area contributed by atoms with Gasteiger partial charge < -0.3 is 19.5 Å². The van der Waals surface area contributed by atoms with Crippen LogP contribution in [0.25, 0.3) is 5.82 Å². The third-order valence-corrected chi connectivity index (χ3v) is 4.35. The molecule has 0 aliphatic heterocycles. The van der Waals surface area contributed by atoms with E-state index in [0.717, 1.165) is 0 Å². The van der Waals surface area contributed by atoms with Crippen LogP contribution in [-0.2, 0) is 0 Å². The highest BCUT2D eigenvalue weighted by molar-refractivity contribution is 6.04. The predicted octanol–water partition coefficient (Wildman–Crippen LogP) is 3.72. The average Bonchev–Trinajstić information content (AvgIpc) is 3.35. The van der Waals surface area contributed by atoms with E-state index in [0.29, 0.717) is 40.2 Å². The van der Waals surface area contributed by atoms with Crippen molar-refractivity contribution in [2.45, 2.75) is 0 Å². The number of aromatic nitrogens is 4. The Bertz CT molecular complexity index is 1180. The quantitative estimate of drug-likeness (QED) is 0.489. The Morgan fingerprint density at radius 1 is 0.968 bits per heavy atom. The summed E-state index contributed by atoms with van der Waals surface area (Å²) < 4.78 is 17.8. The van der Waals surface area contributed by atoms with E-state index in [-0.39, 0.29) is 5.91 Å². The highest BCUT2D eigenvalue weighted by Crippen LogP contribution is 2.28. The maximum atomic E-state index is 12.5. The number of nitrogens with zero attached hydrogens (tertiary/aromatic N) is 4. The Balaban J connectivity index is 1.43. The molecule has 2 aromatic carbocycles. The van der Waals surface area contributed by atoms with E-state index in [2.05, 4.69) is 20.4 Å². The molecule has 0 bridgehead atoms. The van der Waals surface area contributed by atoms with Crippen LogP contribution in [0.2, 0.25) is 0 Å². The second-order valence-electron chi connectivity index (χ2n) is 6.32. The second kappa shape index (κ2) is 8.95. The third-order valence-electron chi connectivity index (χ3n) is 4.35. The Hall–Kier alpha value is -4.40.